The predicted octanol–water partition coefficient (Wildman–Crippen LogP) is 3.73. The third-order valence-corrected chi connectivity index (χ3v) is 5.29. The minimum absolute atomic E-state index is 0.260. The minimum atomic E-state index is -0.260. The monoisotopic (exact) mass is 377 g/mol. The van der Waals surface area contributed by atoms with Crippen molar-refractivity contribution in [2.45, 2.75) is 6.04 Å². The van der Waals surface area contributed by atoms with E-state index in [-0.39, 0.29) is 5.82 Å². The molecule has 0 spiro atoms. The van der Waals surface area contributed by atoms with Crippen molar-refractivity contribution >= 4 is 11.0 Å². The molecule has 0 amide bonds. The zero-order valence-electron chi connectivity index (χ0n) is 15.7. The molecule has 1 aliphatic heterocycles. The number of nitrogens with one attached hydrogen (secondary N) is 1. The summed E-state index contributed by atoms with van der Waals surface area (Å²) in [7, 11) is 3.72. The number of halogens is 1. The van der Waals surface area contributed by atoms with E-state index in [2.05, 4.69) is 33.1 Å². The molecule has 0 unspecified atom stereocenters. The Bertz CT molecular complexity index is 1160. The molecule has 0 bridgehead atoms. The van der Waals surface area contributed by atoms with E-state index in [0.29, 0.717) is 11.9 Å². The van der Waals surface area contributed by atoms with Crippen molar-refractivity contribution in [1.29, 1.82) is 0 Å². The van der Waals surface area contributed by atoms with Crippen LogP contribution >= 0.6 is 0 Å². The number of H-pyrrole nitrogens is 1. The normalized spacial score (nSPS) is 15.1. The van der Waals surface area contributed by atoms with Gasteiger partial charge in [0.15, 0.2) is 0 Å². The zero-order valence-corrected chi connectivity index (χ0v) is 15.7. The molecule has 0 atom stereocenters. The van der Waals surface area contributed by atoms with Gasteiger partial charge >= 0.3 is 0 Å². The lowest BCUT2D eigenvalue weighted by Crippen LogP contribution is -2.45. The lowest BCUT2D eigenvalue weighted by Gasteiger charge is -2.35. The molecule has 6 nitrogen and oxygen atoms in total. The second-order valence-corrected chi connectivity index (χ2v) is 7.24. The van der Waals surface area contributed by atoms with Crippen molar-refractivity contribution in [3.63, 3.8) is 0 Å². The average Bonchev–Trinajstić information content (AvgIpc) is 3.29. The highest BCUT2D eigenvalue weighted by molar-refractivity contribution is 5.96. The zero-order chi connectivity index (χ0) is 19.3. The van der Waals surface area contributed by atoms with Crippen molar-refractivity contribution in [3.8, 4) is 28.1 Å². The SMILES string of the molecule is COc1nn(C2CN(C)C2)cc1-c1cnc2[nH]cc(-c3cccc(F)c3)c2c1. The fourth-order valence-electron chi connectivity index (χ4n) is 3.79. The summed E-state index contributed by atoms with van der Waals surface area (Å²) in [5.74, 6) is 0.322. The number of likely N-dealkylation sites (tertiary alicyclic amines) is 1. The van der Waals surface area contributed by atoms with E-state index in [0.717, 1.165) is 46.4 Å². The van der Waals surface area contributed by atoms with Crippen LogP contribution < -0.4 is 4.74 Å². The van der Waals surface area contributed by atoms with Gasteiger partial charge in [0, 0.05) is 48.2 Å². The van der Waals surface area contributed by atoms with Crippen LogP contribution in [-0.2, 0) is 0 Å². The Balaban J connectivity index is 1.59. The van der Waals surface area contributed by atoms with E-state index in [1.165, 1.54) is 12.1 Å². The predicted molar refractivity (Wildman–Crippen MR) is 106 cm³/mol. The van der Waals surface area contributed by atoms with Crippen LogP contribution in [0.15, 0.2) is 48.9 Å². The molecule has 3 aromatic heterocycles. The number of rotatable bonds is 4. The highest BCUT2D eigenvalue weighted by Gasteiger charge is 2.27. The first kappa shape index (κ1) is 16.9. The van der Waals surface area contributed by atoms with Crippen LogP contribution in [0.25, 0.3) is 33.3 Å². The summed E-state index contributed by atoms with van der Waals surface area (Å²) in [6.07, 6.45) is 5.69. The van der Waals surface area contributed by atoms with Crippen LogP contribution in [-0.4, -0.2) is 51.9 Å². The summed E-state index contributed by atoms with van der Waals surface area (Å²) < 4.78 is 21.2. The first-order chi connectivity index (χ1) is 13.6. The first-order valence-electron chi connectivity index (χ1n) is 9.17. The number of aromatic amines is 1. The van der Waals surface area contributed by atoms with Gasteiger partial charge in [-0.25, -0.2) is 9.37 Å². The van der Waals surface area contributed by atoms with Crippen molar-refractivity contribution in [2.75, 3.05) is 27.2 Å². The number of aromatic nitrogens is 4. The van der Waals surface area contributed by atoms with Crippen molar-refractivity contribution < 1.29 is 9.13 Å². The van der Waals surface area contributed by atoms with Crippen LogP contribution in [0.1, 0.15) is 6.04 Å². The molecule has 1 saturated heterocycles. The van der Waals surface area contributed by atoms with E-state index in [9.17, 15) is 4.39 Å². The van der Waals surface area contributed by atoms with Crippen LogP contribution in [0.4, 0.5) is 4.39 Å². The summed E-state index contributed by atoms with van der Waals surface area (Å²) in [6, 6.07) is 8.99. The van der Waals surface area contributed by atoms with Gasteiger partial charge in [-0.15, -0.1) is 5.10 Å². The van der Waals surface area contributed by atoms with Gasteiger partial charge in [0.05, 0.1) is 18.7 Å². The summed E-state index contributed by atoms with van der Waals surface area (Å²) in [5, 5.41) is 5.54. The number of fused-ring (bicyclic) bond motifs is 1. The maximum absolute atomic E-state index is 13.7. The van der Waals surface area contributed by atoms with Gasteiger partial charge in [-0.3, -0.25) is 4.68 Å². The molecule has 1 fully saturated rings. The maximum Gasteiger partial charge on any atom is 0.240 e. The molecule has 1 aliphatic rings. The average molecular weight is 377 g/mol. The molecule has 28 heavy (non-hydrogen) atoms. The van der Waals surface area contributed by atoms with Crippen LogP contribution in [0.2, 0.25) is 0 Å². The number of nitrogens with zero attached hydrogens (tertiary/aromatic N) is 4. The van der Waals surface area contributed by atoms with E-state index in [1.54, 1.807) is 13.2 Å². The lowest BCUT2D eigenvalue weighted by atomic mass is 10.0. The van der Waals surface area contributed by atoms with Crippen LogP contribution in [0, 0.1) is 5.82 Å². The second kappa shape index (κ2) is 6.45. The second-order valence-electron chi connectivity index (χ2n) is 7.24. The van der Waals surface area contributed by atoms with Gasteiger partial charge in [0.25, 0.3) is 0 Å². The fraction of sp³-hybridized carbons (Fsp3) is 0.238. The number of hydrogen-bond donors (Lipinski definition) is 1. The van der Waals surface area contributed by atoms with Gasteiger partial charge in [-0.2, -0.15) is 0 Å². The number of hydrogen-bond acceptors (Lipinski definition) is 4. The number of pyridine rings is 1. The Morgan fingerprint density at radius 1 is 1.18 bits per heavy atom. The fourth-order valence-corrected chi connectivity index (χ4v) is 3.79. The molecule has 4 aromatic rings. The van der Waals surface area contributed by atoms with E-state index in [4.69, 9.17) is 4.74 Å². The Kier molecular flexibility index (Phi) is 3.91. The van der Waals surface area contributed by atoms with Crippen LogP contribution in [0.3, 0.4) is 0 Å². The minimum Gasteiger partial charge on any atom is -0.479 e. The Morgan fingerprint density at radius 3 is 2.79 bits per heavy atom. The number of benzene rings is 1. The van der Waals surface area contributed by atoms with Crippen molar-refractivity contribution in [1.82, 2.24) is 24.6 Å². The maximum atomic E-state index is 13.7. The smallest absolute Gasteiger partial charge is 0.240 e. The van der Waals surface area contributed by atoms with E-state index >= 15 is 0 Å². The molecule has 0 radical (unpaired) electrons. The van der Waals surface area contributed by atoms with E-state index in [1.807, 2.05) is 29.3 Å². The highest BCUT2D eigenvalue weighted by Crippen LogP contribution is 2.35. The summed E-state index contributed by atoms with van der Waals surface area (Å²) >= 11 is 0. The topological polar surface area (TPSA) is 59.0 Å². The third-order valence-electron chi connectivity index (χ3n) is 5.29. The summed E-state index contributed by atoms with van der Waals surface area (Å²) in [6.45, 7) is 1.95. The first-order valence-corrected chi connectivity index (χ1v) is 9.17. The number of ether oxygens (including phenoxy) is 1. The van der Waals surface area contributed by atoms with E-state index < -0.39 is 0 Å². The van der Waals surface area contributed by atoms with Crippen molar-refractivity contribution in [3.05, 3.63) is 54.7 Å². The molecular weight excluding hydrogens is 357 g/mol. The molecule has 7 heteroatoms. The molecule has 0 saturated carbocycles. The third kappa shape index (κ3) is 2.75. The Labute approximate surface area is 161 Å². The largest absolute Gasteiger partial charge is 0.479 e. The summed E-state index contributed by atoms with van der Waals surface area (Å²) in [4.78, 5) is 9.97. The highest BCUT2D eigenvalue weighted by atomic mass is 19.1. The molecule has 4 heterocycles. The molecule has 1 N–H and O–H groups in total. The molecule has 1 aromatic carbocycles. The Morgan fingerprint density at radius 2 is 2.04 bits per heavy atom. The lowest BCUT2D eigenvalue weighted by molar-refractivity contribution is 0.129. The van der Waals surface area contributed by atoms with Crippen LogP contribution in [0.5, 0.6) is 5.88 Å². The molecule has 142 valence electrons. The Hall–Kier alpha value is -3.19. The standard InChI is InChI=1S/C21H20FN5O/c1-26-10-16(11-26)27-12-19(21(25-27)28-2)14-7-17-18(9-24-20(17)23-8-14)13-4-3-5-15(22)6-13/h3-9,12,16H,10-11H2,1-2H3,(H,23,24). The summed E-state index contributed by atoms with van der Waals surface area (Å²) in [5.41, 5.74) is 4.30. The van der Waals surface area contributed by atoms with Gasteiger partial charge in [-0.1, -0.05) is 12.1 Å². The molecule has 0 aliphatic carbocycles. The van der Waals surface area contributed by atoms with Gasteiger partial charge in [0.1, 0.15) is 11.5 Å². The quantitative estimate of drug-likeness (QED) is 0.589. The molecule has 5 rings (SSSR count). The number of methoxy groups -OCH3 is 1. The van der Waals surface area contributed by atoms with Gasteiger partial charge in [-0.05, 0) is 30.8 Å². The number of likely N-dealkylation sites (N-methyl/N-ethyl adjacent to an activating group) is 1. The van der Waals surface area contributed by atoms with Gasteiger partial charge < -0.3 is 14.6 Å². The molecular formula is C21H20FN5O. The van der Waals surface area contributed by atoms with Gasteiger partial charge in [0.2, 0.25) is 5.88 Å². The van der Waals surface area contributed by atoms with Crippen molar-refractivity contribution in [2.24, 2.45) is 0 Å².